The minimum Gasteiger partial charge on any atom is -0.493 e. The van der Waals surface area contributed by atoms with Gasteiger partial charge in [-0.05, 0) is 12.1 Å². The summed E-state index contributed by atoms with van der Waals surface area (Å²) in [4.78, 5) is 44.8. The summed E-state index contributed by atoms with van der Waals surface area (Å²) in [5.74, 6) is -2.83. The molecule has 15 heteroatoms. The van der Waals surface area contributed by atoms with Gasteiger partial charge in [0.25, 0.3) is 11.4 Å². The molecular formula is C18H13F2N3O10. The third kappa shape index (κ3) is 5.03. The Bertz CT molecular complexity index is 1300. The molecule has 13 nitrogen and oxygen atoms in total. The molecule has 33 heavy (non-hydrogen) atoms. The number of carbonyl (C=O) groups excluding carboxylic acids is 1. The van der Waals surface area contributed by atoms with Crippen LogP contribution >= 0.6 is 0 Å². The molecule has 0 aliphatic heterocycles. The molecule has 0 radical (unpaired) electrons. The van der Waals surface area contributed by atoms with Crippen LogP contribution < -0.4 is 15.2 Å². The fourth-order valence-electron chi connectivity index (χ4n) is 2.88. The van der Waals surface area contributed by atoms with Crippen molar-refractivity contribution in [3.63, 3.8) is 0 Å². The van der Waals surface area contributed by atoms with Crippen molar-refractivity contribution in [2.24, 2.45) is 0 Å². The number of alkyl halides is 2. The summed E-state index contributed by atoms with van der Waals surface area (Å²) < 4.78 is 44.8. The van der Waals surface area contributed by atoms with Gasteiger partial charge in [0.05, 0.1) is 40.2 Å². The van der Waals surface area contributed by atoms with Gasteiger partial charge in [-0.2, -0.15) is 8.78 Å². The molecule has 0 fully saturated rings. The highest BCUT2D eigenvalue weighted by molar-refractivity contribution is 5.78. The third-order valence-corrected chi connectivity index (χ3v) is 4.32. The summed E-state index contributed by atoms with van der Waals surface area (Å²) in [5, 5.41) is 22.1. The molecule has 0 bridgehead atoms. The molecule has 0 aliphatic rings. The highest BCUT2D eigenvalue weighted by Gasteiger charge is 2.23. The van der Waals surface area contributed by atoms with Crippen LogP contribution in [0.5, 0.6) is 11.5 Å². The predicted octanol–water partition coefficient (Wildman–Crippen LogP) is 2.76. The van der Waals surface area contributed by atoms with E-state index in [1.807, 2.05) is 0 Å². The van der Waals surface area contributed by atoms with E-state index in [2.05, 4.69) is 4.74 Å². The molecule has 0 aliphatic carbocycles. The normalized spacial score (nSPS) is 10.9. The van der Waals surface area contributed by atoms with Gasteiger partial charge in [-0.1, -0.05) is 0 Å². The highest BCUT2D eigenvalue weighted by Crippen LogP contribution is 2.36. The van der Waals surface area contributed by atoms with E-state index in [9.17, 15) is 38.6 Å². The van der Waals surface area contributed by atoms with Gasteiger partial charge in [-0.15, -0.1) is 0 Å². The molecule has 2 aromatic carbocycles. The van der Waals surface area contributed by atoms with E-state index in [1.165, 1.54) is 6.07 Å². The Morgan fingerprint density at radius 2 is 1.88 bits per heavy atom. The number of nitro benzene ring substituents is 2. The van der Waals surface area contributed by atoms with Gasteiger partial charge in [0, 0.05) is 6.07 Å². The zero-order chi connectivity index (χ0) is 24.3. The lowest BCUT2D eigenvalue weighted by Gasteiger charge is -2.12. The second-order valence-electron chi connectivity index (χ2n) is 6.29. The van der Waals surface area contributed by atoms with Crippen molar-refractivity contribution in [1.29, 1.82) is 0 Å². The summed E-state index contributed by atoms with van der Waals surface area (Å²) in [7, 11) is 1.12. The minimum atomic E-state index is -3.26. The van der Waals surface area contributed by atoms with Crippen LogP contribution in [-0.4, -0.2) is 34.1 Å². The number of methoxy groups -OCH3 is 1. The number of carbonyl (C=O) groups is 1. The molecule has 0 saturated heterocycles. The first-order chi connectivity index (χ1) is 15.6. The van der Waals surface area contributed by atoms with Crippen molar-refractivity contribution in [3.05, 3.63) is 66.7 Å². The fourth-order valence-corrected chi connectivity index (χ4v) is 2.88. The monoisotopic (exact) mass is 469 g/mol. The molecular weight excluding hydrogens is 456 g/mol. The lowest BCUT2D eigenvalue weighted by atomic mass is 10.1. The van der Waals surface area contributed by atoms with Gasteiger partial charge >= 0.3 is 18.3 Å². The number of oxazole rings is 1. The number of esters is 1. The highest BCUT2D eigenvalue weighted by atomic mass is 19.3. The molecule has 1 heterocycles. The number of rotatable bonds is 9. The maximum atomic E-state index is 12.5. The number of non-ortho nitro benzene ring substituents is 1. The summed E-state index contributed by atoms with van der Waals surface area (Å²) in [6.07, 6.45) is 0. The maximum absolute atomic E-state index is 12.5. The van der Waals surface area contributed by atoms with Gasteiger partial charge in [0.15, 0.2) is 17.1 Å². The molecule has 0 spiro atoms. The van der Waals surface area contributed by atoms with E-state index >= 15 is 0 Å². The van der Waals surface area contributed by atoms with Crippen LogP contribution in [0.3, 0.4) is 0 Å². The topological polar surface area (TPSA) is 166 Å². The average molecular weight is 469 g/mol. The van der Waals surface area contributed by atoms with Crippen molar-refractivity contribution in [2.45, 2.75) is 19.8 Å². The van der Waals surface area contributed by atoms with Gasteiger partial charge in [-0.3, -0.25) is 29.6 Å². The molecule has 3 rings (SSSR count). The Hall–Kier alpha value is -4.56. The second-order valence-corrected chi connectivity index (χ2v) is 6.29. The van der Waals surface area contributed by atoms with E-state index < -0.39 is 52.8 Å². The zero-order valence-electron chi connectivity index (χ0n) is 16.6. The Morgan fingerprint density at radius 1 is 1.15 bits per heavy atom. The number of hydrogen-bond donors (Lipinski definition) is 0. The first-order valence-corrected chi connectivity index (χ1v) is 8.84. The number of ether oxygens (including phenoxy) is 3. The summed E-state index contributed by atoms with van der Waals surface area (Å²) in [6, 6.07) is 5.04. The number of nitrogens with zero attached hydrogens (tertiary/aromatic N) is 3. The third-order valence-electron chi connectivity index (χ3n) is 4.32. The van der Waals surface area contributed by atoms with Gasteiger partial charge in [0.2, 0.25) is 0 Å². The number of hydrogen-bond acceptors (Lipinski definition) is 10. The number of fused-ring (bicyclic) bond motifs is 1. The molecule has 1 aromatic heterocycles. The van der Waals surface area contributed by atoms with Crippen LogP contribution in [0, 0.1) is 20.2 Å². The number of benzene rings is 2. The molecule has 0 saturated carbocycles. The van der Waals surface area contributed by atoms with Gasteiger partial charge in [-0.25, -0.2) is 4.79 Å². The van der Waals surface area contributed by atoms with E-state index in [-0.39, 0.29) is 28.1 Å². The van der Waals surface area contributed by atoms with Crippen LogP contribution in [-0.2, 0) is 22.7 Å². The lowest BCUT2D eigenvalue weighted by Crippen LogP contribution is -2.21. The van der Waals surface area contributed by atoms with E-state index in [4.69, 9.17) is 13.9 Å². The van der Waals surface area contributed by atoms with Crippen molar-refractivity contribution >= 4 is 28.4 Å². The lowest BCUT2D eigenvalue weighted by molar-refractivity contribution is -0.386. The SMILES string of the molecule is COc1cc(COC(=O)Cn2c(=O)oc3cc([N+](=O)[O-])ccc32)c([N+](=O)[O-])cc1OC(F)F. The van der Waals surface area contributed by atoms with Crippen molar-refractivity contribution in [1.82, 2.24) is 4.57 Å². The predicted molar refractivity (Wildman–Crippen MR) is 103 cm³/mol. The summed E-state index contributed by atoms with van der Waals surface area (Å²) in [5.41, 5.74) is -1.23. The standard InChI is InChI=1S/C18H13F2N3O10/c1-30-14-4-9(12(23(28)29)6-15(14)32-17(19)20)8-31-16(24)7-21-11-3-2-10(22(26)27)5-13(11)33-18(21)25/h2-6,17H,7-8H2,1H3. The first-order valence-electron chi connectivity index (χ1n) is 8.84. The number of halogens is 2. The summed E-state index contributed by atoms with van der Waals surface area (Å²) in [6.45, 7) is -4.58. The molecule has 0 unspecified atom stereocenters. The van der Waals surface area contributed by atoms with Gasteiger partial charge in [0.1, 0.15) is 13.2 Å². The minimum absolute atomic E-state index is 0.0868. The van der Waals surface area contributed by atoms with Crippen LogP contribution in [0.4, 0.5) is 20.2 Å². The van der Waals surface area contributed by atoms with Gasteiger partial charge < -0.3 is 18.6 Å². The molecule has 174 valence electrons. The Balaban J connectivity index is 1.81. The number of nitro groups is 2. The summed E-state index contributed by atoms with van der Waals surface area (Å²) >= 11 is 0. The molecule has 0 N–H and O–H groups in total. The van der Waals surface area contributed by atoms with Crippen LogP contribution in [0.25, 0.3) is 11.1 Å². The Labute approximate surface area is 181 Å². The quantitative estimate of drug-likeness (QED) is 0.258. The Morgan fingerprint density at radius 3 is 2.48 bits per heavy atom. The van der Waals surface area contributed by atoms with Crippen molar-refractivity contribution < 1.29 is 42.0 Å². The average Bonchev–Trinajstić information content (AvgIpc) is 3.06. The fraction of sp³-hybridized carbons (Fsp3) is 0.222. The van der Waals surface area contributed by atoms with E-state index in [0.29, 0.717) is 6.07 Å². The van der Waals surface area contributed by atoms with E-state index in [0.717, 1.165) is 29.9 Å². The Kier molecular flexibility index (Phi) is 6.51. The van der Waals surface area contributed by atoms with Crippen LogP contribution in [0.1, 0.15) is 5.56 Å². The smallest absolute Gasteiger partial charge is 0.420 e. The van der Waals surface area contributed by atoms with Crippen molar-refractivity contribution in [3.8, 4) is 11.5 Å². The first kappa shape index (κ1) is 23.1. The maximum Gasteiger partial charge on any atom is 0.420 e. The molecule has 0 amide bonds. The molecule has 3 aromatic rings. The van der Waals surface area contributed by atoms with Crippen molar-refractivity contribution in [2.75, 3.05) is 7.11 Å². The largest absolute Gasteiger partial charge is 0.493 e. The second kappa shape index (κ2) is 9.29. The molecule has 0 atom stereocenters. The zero-order valence-corrected chi connectivity index (χ0v) is 16.6. The van der Waals surface area contributed by atoms with E-state index in [1.54, 1.807) is 0 Å². The van der Waals surface area contributed by atoms with Crippen LogP contribution in [0.2, 0.25) is 0 Å². The number of aromatic nitrogens is 1. The van der Waals surface area contributed by atoms with Crippen LogP contribution in [0.15, 0.2) is 39.5 Å².